The topological polar surface area (TPSA) is 95.9 Å². The molecule has 0 aliphatic heterocycles. The zero-order chi connectivity index (χ0) is 16.7. The molecule has 1 aliphatic rings. The molecule has 0 bridgehead atoms. The Bertz CT molecular complexity index is 982. The number of aryl methyl sites for hydroxylation is 1. The zero-order valence-electron chi connectivity index (χ0n) is 13.3. The maximum atomic E-state index is 12.4. The van der Waals surface area contributed by atoms with E-state index in [2.05, 4.69) is 15.0 Å². The number of hydrogen-bond acceptors (Lipinski definition) is 6. The molecule has 0 amide bonds. The molecule has 0 radical (unpaired) electrons. The van der Waals surface area contributed by atoms with Crippen molar-refractivity contribution in [3.63, 3.8) is 0 Å². The number of fused-ring (bicyclic) bond motifs is 2. The second kappa shape index (κ2) is 5.68. The zero-order valence-corrected chi connectivity index (χ0v) is 13.3. The molecule has 2 N–H and O–H groups in total. The third kappa shape index (κ3) is 2.43. The first-order valence-corrected chi connectivity index (χ1v) is 7.81. The molecule has 3 aromatic rings. The van der Waals surface area contributed by atoms with Crippen molar-refractivity contribution in [1.82, 2.24) is 19.5 Å². The van der Waals surface area contributed by atoms with Crippen molar-refractivity contribution in [1.29, 1.82) is 0 Å². The average Bonchev–Trinajstić information content (AvgIpc) is 2.60. The van der Waals surface area contributed by atoms with E-state index in [9.17, 15) is 4.79 Å². The van der Waals surface area contributed by atoms with E-state index < -0.39 is 0 Å². The van der Waals surface area contributed by atoms with Gasteiger partial charge < -0.3 is 10.5 Å². The molecule has 0 fully saturated rings. The highest BCUT2D eigenvalue weighted by Gasteiger charge is 2.18. The van der Waals surface area contributed by atoms with Crippen LogP contribution in [0.4, 0.5) is 0 Å². The van der Waals surface area contributed by atoms with E-state index in [4.69, 9.17) is 10.5 Å². The van der Waals surface area contributed by atoms with Crippen molar-refractivity contribution in [3.8, 4) is 11.4 Å². The van der Waals surface area contributed by atoms with Gasteiger partial charge in [-0.2, -0.15) is 0 Å². The van der Waals surface area contributed by atoms with Gasteiger partial charge in [0.15, 0.2) is 5.65 Å². The molecule has 1 aliphatic carbocycles. The van der Waals surface area contributed by atoms with Crippen LogP contribution in [0.25, 0.3) is 16.9 Å². The van der Waals surface area contributed by atoms with Crippen LogP contribution in [-0.4, -0.2) is 32.7 Å². The monoisotopic (exact) mass is 323 g/mol. The summed E-state index contributed by atoms with van der Waals surface area (Å²) in [6, 6.07) is 3.93. The van der Waals surface area contributed by atoms with Crippen molar-refractivity contribution >= 4 is 11.2 Å². The van der Waals surface area contributed by atoms with Crippen molar-refractivity contribution in [2.24, 2.45) is 5.73 Å². The first kappa shape index (κ1) is 14.8. The quantitative estimate of drug-likeness (QED) is 0.756. The van der Waals surface area contributed by atoms with E-state index >= 15 is 0 Å². The number of nitrogens with zero attached hydrogens (tertiary/aromatic N) is 4. The fourth-order valence-electron chi connectivity index (χ4n) is 3.10. The summed E-state index contributed by atoms with van der Waals surface area (Å²) in [5.74, 6) is 0.570. The Kier molecular flexibility index (Phi) is 3.50. The van der Waals surface area contributed by atoms with Gasteiger partial charge in [-0.25, -0.2) is 9.97 Å². The SMILES string of the molecule is COc1cnc2ncc(=O)n(-c3cnc4c(c3)CCC(N)C4)c2c1. The van der Waals surface area contributed by atoms with E-state index in [0.717, 1.165) is 30.5 Å². The van der Waals surface area contributed by atoms with Crippen molar-refractivity contribution in [2.45, 2.75) is 25.3 Å². The highest BCUT2D eigenvalue weighted by molar-refractivity contribution is 5.73. The van der Waals surface area contributed by atoms with Crippen LogP contribution >= 0.6 is 0 Å². The summed E-state index contributed by atoms with van der Waals surface area (Å²) < 4.78 is 6.79. The number of pyridine rings is 2. The van der Waals surface area contributed by atoms with Crippen LogP contribution in [0, 0.1) is 0 Å². The number of methoxy groups -OCH3 is 1. The van der Waals surface area contributed by atoms with Gasteiger partial charge >= 0.3 is 0 Å². The number of nitrogens with two attached hydrogens (primary N) is 1. The number of hydrogen-bond donors (Lipinski definition) is 1. The number of rotatable bonds is 2. The molecular weight excluding hydrogens is 306 g/mol. The van der Waals surface area contributed by atoms with Crippen LogP contribution in [0.1, 0.15) is 17.7 Å². The largest absolute Gasteiger partial charge is 0.495 e. The molecule has 0 spiro atoms. The Morgan fingerprint density at radius 2 is 2.04 bits per heavy atom. The highest BCUT2D eigenvalue weighted by atomic mass is 16.5. The van der Waals surface area contributed by atoms with E-state index in [1.54, 1.807) is 30.1 Å². The van der Waals surface area contributed by atoms with E-state index in [0.29, 0.717) is 22.6 Å². The molecule has 1 unspecified atom stereocenters. The van der Waals surface area contributed by atoms with Gasteiger partial charge in [-0.15, -0.1) is 0 Å². The maximum Gasteiger partial charge on any atom is 0.274 e. The summed E-state index contributed by atoms with van der Waals surface area (Å²) in [7, 11) is 1.56. The Hall–Kier alpha value is -2.80. The van der Waals surface area contributed by atoms with E-state index in [1.165, 1.54) is 6.20 Å². The van der Waals surface area contributed by atoms with Gasteiger partial charge in [0.25, 0.3) is 5.56 Å². The van der Waals surface area contributed by atoms with Crippen molar-refractivity contribution < 1.29 is 4.74 Å². The molecule has 7 nitrogen and oxygen atoms in total. The molecule has 122 valence electrons. The second-order valence-corrected chi connectivity index (χ2v) is 5.95. The number of aromatic nitrogens is 4. The molecule has 24 heavy (non-hydrogen) atoms. The first-order chi connectivity index (χ1) is 11.7. The molecule has 1 atom stereocenters. The van der Waals surface area contributed by atoms with Gasteiger partial charge in [0.1, 0.15) is 5.75 Å². The summed E-state index contributed by atoms with van der Waals surface area (Å²) in [6.07, 6.45) is 7.14. The summed E-state index contributed by atoms with van der Waals surface area (Å²) in [5, 5.41) is 0. The lowest BCUT2D eigenvalue weighted by Crippen LogP contribution is -2.29. The maximum absolute atomic E-state index is 12.4. The normalized spacial score (nSPS) is 16.8. The molecule has 0 saturated heterocycles. The summed E-state index contributed by atoms with van der Waals surface area (Å²) in [4.78, 5) is 25.3. The fraction of sp³-hybridized carbons (Fsp3) is 0.294. The fourth-order valence-corrected chi connectivity index (χ4v) is 3.10. The summed E-state index contributed by atoms with van der Waals surface area (Å²) in [6.45, 7) is 0. The highest BCUT2D eigenvalue weighted by Crippen LogP contribution is 2.23. The lowest BCUT2D eigenvalue weighted by atomic mass is 9.92. The predicted molar refractivity (Wildman–Crippen MR) is 89.5 cm³/mol. The van der Waals surface area contributed by atoms with Gasteiger partial charge in [0.05, 0.1) is 36.9 Å². The third-order valence-corrected chi connectivity index (χ3v) is 4.36. The Labute approximate surface area is 138 Å². The molecule has 7 heteroatoms. The first-order valence-electron chi connectivity index (χ1n) is 7.81. The molecule has 3 aromatic heterocycles. The summed E-state index contributed by atoms with van der Waals surface area (Å²) in [5.41, 5.74) is 9.71. The van der Waals surface area contributed by atoms with Crippen LogP contribution in [0.15, 0.2) is 35.5 Å². The molecule has 0 saturated carbocycles. The van der Waals surface area contributed by atoms with Gasteiger partial charge in [0, 0.05) is 24.2 Å². The van der Waals surface area contributed by atoms with E-state index in [-0.39, 0.29) is 11.6 Å². The van der Waals surface area contributed by atoms with Gasteiger partial charge in [-0.3, -0.25) is 14.3 Å². The van der Waals surface area contributed by atoms with Crippen molar-refractivity contribution in [2.75, 3.05) is 7.11 Å². The molecule has 4 rings (SSSR count). The standard InChI is InChI=1S/C17H17N5O2/c1-24-13-6-15-17(20-8-13)21-9-16(23)22(15)12-4-10-2-3-11(18)5-14(10)19-7-12/h4,6-9,11H,2-3,5,18H2,1H3. The minimum atomic E-state index is -0.230. The molecule has 3 heterocycles. The average molecular weight is 323 g/mol. The molecular formula is C17H17N5O2. The minimum Gasteiger partial charge on any atom is -0.495 e. The minimum absolute atomic E-state index is 0.161. The molecule has 0 aromatic carbocycles. The van der Waals surface area contributed by atoms with Crippen LogP contribution < -0.4 is 16.0 Å². The van der Waals surface area contributed by atoms with Crippen LogP contribution in [0.3, 0.4) is 0 Å². The Morgan fingerprint density at radius 3 is 2.88 bits per heavy atom. The Morgan fingerprint density at radius 1 is 1.21 bits per heavy atom. The van der Waals surface area contributed by atoms with Gasteiger partial charge in [-0.05, 0) is 24.5 Å². The number of ether oxygens (including phenoxy) is 1. The smallest absolute Gasteiger partial charge is 0.274 e. The lowest BCUT2D eigenvalue weighted by molar-refractivity contribution is 0.413. The van der Waals surface area contributed by atoms with Crippen LogP contribution in [-0.2, 0) is 12.8 Å². The van der Waals surface area contributed by atoms with Crippen LogP contribution in [0.5, 0.6) is 5.75 Å². The van der Waals surface area contributed by atoms with Gasteiger partial charge in [0.2, 0.25) is 0 Å². The van der Waals surface area contributed by atoms with Crippen LogP contribution in [0.2, 0.25) is 0 Å². The second-order valence-electron chi connectivity index (χ2n) is 5.95. The summed E-state index contributed by atoms with van der Waals surface area (Å²) >= 11 is 0. The Balaban J connectivity index is 1.93. The lowest BCUT2D eigenvalue weighted by Gasteiger charge is -2.21. The predicted octanol–water partition coefficient (Wildman–Crippen LogP) is 1.00. The van der Waals surface area contributed by atoms with Gasteiger partial charge in [-0.1, -0.05) is 0 Å². The third-order valence-electron chi connectivity index (χ3n) is 4.36. The van der Waals surface area contributed by atoms with E-state index in [1.807, 2.05) is 6.07 Å². The van der Waals surface area contributed by atoms with Crippen molar-refractivity contribution in [3.05, 3.63) is 52.3 Å².